The van der Waals surface area contributed by atoms with E-state index < -0.39 is 11.7 Å². The van der Waals surface area contributed by atoms with Gasteiger partial charge in [-0.05, 0) is 46.2 Å². The topological polar surface area (TPSA) is 0 Å². The van der Waals surface area contributed by atoms with Gasteiger partial charge in [0, 0.05) is 4.70 Å². The van der Waals surface area contributed by atoms with Gasteiger partial charge in [-0.2, -0.15) is 13.2 Å². The summed E-state index contributed by atoms with van der Waals surface area (Å²) in [5, 5.41) is 0.868. The van der Waals surface area contributed by atoms with E-state index in [1.807, 2.05) is 6.07 Å². The van der Waals surface area contributed by atoms with Gasteiger partial charge in [0.15, 0.2) is 0 Å². The molecule has 1 aromatic heterocycles. The molecule has 1 aromatic carbocycles. The van der Waals surface area contributed by atoms with Crippen molar-refractivity contribution in [1.82, 2.24) is 0 Å². The lowest BCUT2D eigenvalue weighted by molar-refractivity contribution is -0.137. The zero-order valence-corrected chi connectivity index (χ0v) is 9.70. The number of hydrogen-bond acceptors (Lipinski definition) is 1. The third-order valence-corrected chi connectivity index (χ3v) is 3.68. The molecule has 0 aliphatic heterocycles. The molecule has 1 heterocycles. The molecule has 0 saturated carbocycles. The second-order valence-corrected chi connectivity index (χ2v) is 5.78. The Morgan fingerprint density at radius 2 is 1.86 bits per heavy atom. The molecule has 0 unspecified atom stereocenters. The van der Waals surface area contributed by atoms with Gasteiger partial charge in [-0.25, -0.2) is 0 Å². The highest BCUT2D eigenvalue weighted by Gasteiger charge is 2.30. The summed E-state index contributed by atoms with van der Waals surface area (Å²) in [5.41, 5.74) is -0.580. The fourth-order valence-electron chi connectivity index (χ4n) is 1.18. The van der Waals surface area contributed by atoms with Gasteiger partial charge in [-0.1, -0.05) is 6.07 Å². The Morgan fingerprint density at radius 1 is 1.14 bits per heavy atom. The minimum Gasteiger partial charge on any atom is -0.166 e. The van der Waals surface area contributed by atoms with E-state index in [4.69, 9.17) is 0 Å². The lowest BCUT2D eigenvalue weighted by atomic mass is 10.2. The van der Waals surface area contributed by atoms with E-state index in [2.05, 4.69) is 22.6 Å². The summed E-state index contributed by atoms with van der Waals surface area (Å²) in [4.78, 5) is 0. The summed E-state index contributed by atoms with van der Waals surface area (Å²) < 4.78 is 38.7. The van der Waals surface area contributed by atoms with Crippen molar-refractivity contribution in [2.24, 2.45) is 0 Å². The predicted molar refractivity (Wildman–Crippen MR) is 59.5 cm³/mol. The average molecular weight is 328 g/mol. The maximum Gasteiger partial charge on any atom is 0.416 e. The van der Waals surface area contributed by atoms with Gasteiger partial charge in [-0.3, -0.25) is 0 Å². The molecule has 0 radical (unpaired) electrons. The van der Waals surface area contributed by atoms with Crippen LogP contribution in [0.1, 0.15) is 5.56 Å². The Morgan fingerprint density at radius 3 is 2.50 bits per heavy atom. The second-order valence-electron chi connectivity index (χ2n) is 2.80. The van der Waals surface area contributed by atoms with Crippen LogP contribution in [-0.2, 0) is 6.18 Å². The summed E-state index contributed by atoms with van der Waals surface area (Å²) in [5.74, 6) is 0. The van der Waals surface area contributed by atoms with Crippen molar-refractivity contribution >= 4 is 44.0 Å². The minimum atomic E-state index is -4.25. The van der Waals surface area contributed by atoms with Crippen LogP contribution in [0.25, 0.3) is 10.1 Å². The average Bonchev–Trinajstić information content (AvgIpc) is 2.41. The summed E-state index contributed by atoms with van der Waals surface area (Å²) in [6.07, 6.45) is -4.25. The Kier molecular flexibility index (Phi) is 2.46. The van der Waals surface area contributed by atoms with E-state index in [1.165, 1.54) is 23.5 Å². The van der Waals surface area contributed by atoms with Crippen LogP contribution in [0.3, 0.4) is 0 Å². The molecule has 0 N–H and O–H groups in total. The van der Waals surface area contributed by atoms with Gasteiger partial charge < -0.3 is 0 Å². The Labute approximate surface area is 95.9 Å². The van der Waals surface area contributed by atoms with Crippen molar-refractivity contribution in [3.8, 4) is 0 Å². The fourth-order valence-corrected chi connectivity index (χ4v) is 3.05. The molecule has 0 spiro atoms. The number of hydrogen-bond donors (Lipinski definition) is 0. The third-order valence-electron chi connectivity index (χ3n) is 1.82. The van der Waals surface area contributed by atoms with Gasteiger partial charge >= 0.3 is 6.18 Å². The number of benzene rings is 1. The van der Waals surface area contributed by atoms with Crippen LogP contribution in [0.5, 0.6) is 0 Å². The van der Waals surface area contributed by atoms with E-state index in [0.29, 0.717) is 4.70 Å². The van der Waals surface area contributed by atoms with Crippen molar-refractivity contribution in [2.75, 3.05) is 0 Å². The van der Waals surface area contributed by atoms with Crippen LogP contribution < -0.4 is 0 Å². The molecule has 74 valence electrons. The highest BCUT2D eigenvalue weighted by molar-refractivity contribution is 14.1. The highest BCUT2D eigenvalue weighted by Crippen LogP contribution is 2.34. The van der Waals surface area contributed by atoms with Gasteiger partial charge in [0.05, 0.1) is 8.45 Å². The van der Waals surface area contributed by atoms with Gasteiger partial charge in [0.1, 0.15) is 0 Å². The molecule has 0 saturated heterocycles. The fraction of sp³-hybridized carbons (Fsp3) is 0.111. The SMILES string of the molecule is FC(F)(F)c1ccc2cc(I)sc2c1. The van der Waals surface area contributed by atoms with Crippen LogP contribution >= 0.6 is 33.9 Å². The predicted octanol–water partition coefficient (Wildman–Crippen LogP) is 4.52. The highest BCUT2D eigenvalue weighted by atomic mass is 127. The number of fused-ring (bicyclic) bond motifs is 1. The summed E-state index contributed by atoms with van der Waals surface area (Å²) in [6.45, 7) is 0. The first-order valence-corrected chi connectivity index (χ1v) is 5.62. The molecule has 2 aromatic rings. The molecule has 0 amide bonds. The van der Waals surface area contributed by atoms with Crippen LogP contribution in [0.4, 0.5) is 13.2 Å². The van der Waals surface area contributed by atoms with Crippen LogP contribution in [0, 0.1) is 2.88 Å². The molecule has 0 aliphatic carbocycles. The van der Waals surface area contributed by atoms with Gasteiger partial charge in [0.2, 0.25) is 0 Å². The number of rotatable bonds is 0. The van der Waals surface area contributed by atoms with Gasteiger partial charge in [-0.15, -0.1) is 11.3 Å². The first-order valence-electron chi connectivity index (χ1n) is 3.73. The van der Waals surface area contributed by atoms with Crippen LogP contribution in [-0.4, -0.2) is 0 Å². The van der Waals surface area contributed by atoms with Crippen LogP contribution in [0.2, 0.25) is 0 Å². The number of halogens is 4. The van der Waals surface area contributed by atoms with Crippen LogP contribution in [0.15, 0.2) is 24.3 Å². The Balaban J connectivity index is 2.62. The standard InChI is InChI=1S/C9H4F3IS/c10-9(11,12)6-2-1-5-3-8(13)14-7(5)4-6/h1-4H. The van der Waals surface area contributed by atoms with E-state index in [-0.39, 0.29) is 0 Å². The number of alkyl halides is 3. The summed E-state index contributed by atoms with van der Waals surface area (Å²) >= 11 is 3.47. The first kappa shape index (κ1) is 10.2. The maximum absolute atomic E-state index is 12.3. The van der Waals surface area contributed by atoms with E-state index in [1.54, 1.807) is 0 Å². The molecule has 0 bridgehead atoms. The molecule has 0 atom stereocenters. The van der Waals surface area contributed by atoms with Crippen molar-refractivity contribution in [3.63, 3.8) is 0 Å². The molecular weight excluding hydrogens is 324 g/mol. The summed E-state index contributed by atoms with van der Waals surface area (Å²) in [6, 6.07) is 5.70. The molecule has 0 fully saturated rings. The smallest absolute Gasteiger partial charge is 0.166 e. The Hall–Kier alpha value is -0.300. The minimum absolute atomic E-state index is 0.580. The molecular formula is C9H4F3IS. The Bertz CT molecular complexity index is 472. The zero-order chi connectivity index (χ0) is 10.3. The largest absolute Gasteiger partial charge is 0.416 e. The molecule has 14 heavy (non-hydrogen) atoms. The van der Waals surface area contributed by atoms with E-state index in [9.17, 15) is 13.2 Å². The zero-order valence-electron chi connectivity index (χ0n) is 6.73. The molecule has 0 nitrogen and oxygen atoms in total. The quantitative estimate of drug-likeness (QED) is 0.624. The van der Waals surface area contributed by atoms with Crippen molar-refractivity contribution in [1.29, 1.82) is 0 Å². The van der Waals surface area contributed by atoms with E-state index in [0.717, 1.165) is 14.3 Å². The third kappa shape index (κ3) is 1.88. The first-order chi connectivity index (χ1) is 6.47. The number of thiophene rings is 1. The molecule has 5 heteroatoms. The monoisotopic (exact) mass is 328 g/mol. The molecule has 0 aliphatic rings. The van der Waals surface area contributed by atoms with Crippen molar-refractivity contribution in [3.05, 3.63) is 32.7 Å². The lowest BCUT2D eigenvalue weighted by Gasteiger charge is -2.05. The van der Waals surface area contributed by atoms with E-state index >= 15 is 0 Å². The van der Waals surface area contributed by atoms with Gasteiger partial charge in [0.25, 0.3) is 0 Å². The second kappa shape index (κ2) is 3.37. The normalized spacial score (nSPS) is 12.3. The summed E-state index contributed by atoms with van der Waals surface area (Å²) in [7, 11) is 0. The molecule has 2 rings (SSSR count). The lowest BCUT2D eigenvalue weighted by Crippen LogP contribution is -2.03. The van der Waals surface area contributed by atoms with Crippen molar-refractivity contribution < 1.29 is 13.2 Å². The maximum atomic E-state index is 12.3. The van der Waals surface area contributed by atoms with Crippen molar-refractivity contribution in [2.45, 2.75) is 6.18 Å².